The number of hydrogen-bond donors (Lipinski definition) is 2. The van der Waals surface area contributed by atoms with E-state index < -0.39 is 0 Å². The zero-order chi connectivity index (χ0) is 50.3. The zero-order valence-electron chi connectivity index (χ0n) is 43.1. The molecule has 16 nitrogen and oxygen atoms in total. The summed E-state index contributed by atoms with van der Waals surface area (Å²) in [5.41, 5.74) is 11.5. The fraction of sp³-hybridized carbons (Fsp3) is 0.483. The Morgan fingerprint density at radius 2 is 1.12 bits per heavy atom. The van der Waals surface area contributed by atoms with Gasteiger partial charge in [-0.25, -0.2) is 9.97 Å². The molecule has 4 aromatic heterocycles. The summed E-state index contributed by atoms with van der Waals surface area (Å²) in [6.07, 6.45) is 11.0. The van der Waals surface area contributed by atoms with Crippen LogP contribution in [0, 0.1) is 22.7 Å². The van der Waals surface area contributed by atoms with Crippen molar-refractivity contribution in [2.75, 3.05) is 111 Å². The van der Waals surface area contributed by atoms with Crippen molar-refractivity contribution in [3.63, 3.8) is 0 Å². The Balaban J connectivity index is 0.652. The van der Waals surface area contributed by atoms with E-state index in [0.29, 0.717) is 17.2 Å². The Morgan fingerprint density at radius 3 is 1.72 bits per heavy atom. The van der Waals surface area contributed by atoms with Crippen LogP contribution >= 0.6 is 0 Å². The van der Waals surface area contributed by atoms with Gasteiger partial charge in [0.25, 0.3) is 0 Å². The van der Waals surface area contributed by atoms with Crippen LogP contribution in [0.4, 0.5) is 23.0 Å². The number of piperazine rings is 2. The molecule has 0 bridgehead atoms. The van der Waals surface area contributed by atoms with E-state index in [1.54, 1.807) is 6.20 Å². The summed E-state index contributed by atoms with van der Waals surface area (Å²) in [5.74, 6) is 2.14. The minimum atomic E-state index is 0.0627. The molecule has 74 heavy (non-hydrogen) atoms. The van der Waals surface area contributed by atoms with Gasteiger partial charge >= 0.3 is 0 Å². The monoisotopic (exact) mass is 993 g/mol. The van der Waals surface area contributed by atoms with Crippen LogP contribution in [-0.2, 0) is 41.8 Å². The summed E-state index contributed by atoms with van der Waals surface area (Å²) in [7, 11) is 0. The third-order valence-electron chi connectivity index (χ3n) is 16.4. The molecule has 0 aliphatic carbocycles. The van der Waals surface area contributed by atoms with Gasteiger partial charge in [-0.3, -0.25) is 19.8 Å². The lowest BCUT2D eigenvalue weighted by molar-refractivity contribution is -0.0329. The van der Waals surface area contributed by atoms with Crippen molar-refractivity contribution < 1.29 is 9.47 Å². The standard InChI is InChI=1S/C58H68N14O2/c1-38-19-44-30-64-55(23-46(44)28-62-38)69-15-11-68(12-16-69)35-50-37-72(33-40(3)74-50)54-9-7-43(26-60)58-52(54)21-41(27-66-58)20-48-22-45-31-65-56(24-47(45)29-63-48)70-17-13-67(14-18-70)34-49-36-71(32-39(2)73-49)53-8-6-42(25-59)57-51(53)5-4-10-61-57/h4-10,21,23-24,27,30-31,38-40,48-50,62-63H,11-20,22,28-29,32-37H2,1-3H3/t38-,39-,40-,48+,49+,50+/m1/s1. The van der Waals surface area contributed by atoms with E-state index in [1.165, 1.54) is 22.3 Å². The quantitative estimate of drug-likeness (QED) is 0.179. The molecular formula is C58H68N14O2. The molecule has 0 amide bonds. The number of ether oxygens (including phenoxy) is 2. The van der Waals surface area contributed by atoms with Gasteiger partial charge in [-0.1, -0.05) is 0 Å². The average molecular weight is 993 g/mol. The first-order valence-electron chi connectivity index (χ1n) is 27.0. The highest BCUT2D eigenvalue weighted by atomic mass is 16.5. The third kappa shape index (κ3) is 10.2. The smallest absolute Gasteiger partial charge is 0.128 e. The fourth-order valence-corrected chi connectivity index (χ4v) is 12.6. The molecule has 10 heterocycles. The summed E-state index contributed by atoms with van der Waals surface area (Å²) in [6, 6.07) is 24.4. The van der Waals surface area contributed by atoms with Crippen LogP contribution < -0.4 is 30.2 Å². The highest BCUT2D eigenvalue weighted by molar-refractivity contribution is 5.96. The number of aromatic nitrogens is 4. The van der Waals surface area contributed by atoms with Crippen LogP contribution in [0.3, 0.4) is 0 Å². The summed E-state index contributed by atoms with van der Waals surface area (Å²) < 4.78 is 13.1. The molecule has 6 atom stereocenters. The first kappa shape index (κ1) is 48.4. The summed E-state index contributed by atoms with van der Waals surface area (Å²) in [6.45, 7) is 20.8. The molecule has 6 aliphatic rings. The van der Waals surface area contributed by atoms with Crippen LogP contribution in [0.2, 0.25) is 0 Å². The number of hydrogen-bond acceptors (Lipinski definition) is 16. The highest BCUT2D eigenvalue weighted by Gasteiger charge is 2.33. The molecule has 4 fully saturated rings. The van der Waals surface area contributed by atoms with Crippen molar-refractivity contribution in [3.8, 4) is 12.1 Å². The number of rotatable bonds is 10. The number of fused-ring (bicyclic) bond motifs is 4. The van der Waals surface area contributed by atoms with Crippen molar-refractivity contribution in [2.45, 2.75) is 89.6 Å². The van der Waals surface area contributed by atoms with E-state index in [-0.39, 0.29) is 30.5 Å². The predicted octanol–water partition coefficient (Wildman–Crippen LogP) is 5.44. The van der Waals surface area contributed by atoms with E-state index >= 15 is 0 Å². The number of nitriles is 2. The topological polar surface area (TPSA) is 161 Å². The Hall–Kier alpha value is -6.50. The van der Waals surface area contributed by atoms with Gasteiger partial charge in [0.1, 0.15) is 23.8 Å². The van der Waals surface area contributed by atoms with Gasteiger partial charge in [-0.15, -0.1) is 0 Å². The molecule has 6 aromatic rings. The van der Waals surface area contributed by atoms with Crippen LogP contribution in [0.5, 0.6) is 0 Å². The molecule has 2 N–H and O–H groups in total. The Bertz CT molecular complexity index is 3100. The molecule has 0 radical (unpaired) electrons. The van der Waals surface area contributed by atoms with E-state index in [2.05, 4.69) is 127 Å². The van der Waals surface area contributed by atoms with E-state index in [0.717, 1.165) is 174 Å². The molecule has 2 aromatic carbocycles. The number of nitrogens with zero attached hydrogens (tertiary/aromatic N) is 12. The van der Waals surface area contributed by atoms with Crippen molar-refractivity contribution in [1.82, 2.24) is 40.4 Å². The number of anilines is 4. The predicted molar refractivity (Wildman–Crippen MR) is 290 cm³/mol. The highest BCUT2D eigenvalue weighted by Crippen LogP contribution is 2.34. The molecule has 0 unspecified atom stereocenters. The minimum Gasteiger partial charge on any atom is -0.370 e. The normalized spacial score (nSPS) is 24.9. The van der Waals surface area contributed by atoms with E-state index in [4.69, 9.17) is 24.4 Å². The first-order valence-corrected chi connectivity index (χ1v) is 27.0. The minimum absolute atomic E-state index is 0.0627. The van der Waals surface area contributed by atoms with Crippen LogP contribution in [0.1, 0.15) is 59.7 Å². The number of morpholine rings is 2. The lowest BCUT2D eigenvalue weighted by Gasteiger charge is -2.42. The maximum absolute atomic E-state index is 10.2. The third-order valence-corrected chi connectivity index (χ3v) is 16.4. The number of benzene rings is 2. The van der Waals surface area contributed by atoms with Crippen LogP contribution in [0.15, 0.2) is 79.4 Å². The molecular weight excluding hydrogens is 925 g/mol. The van der Waals surface area contributed by atoms with Crippen molar-refractivity contribution in [2.24, 2.45) is 0 Å². The Labute approximate surface area is 434 Å². The van der Waals surface area contributed by atoms with Gasteiger partial charge in [0, 0.05) is 164 Å². The van der Waals surface area contributed by atoms with Gasteiger partial charge in [0.15, 0.2) is 0 Å². The molecule has 0 saturated carbocycles. The van der Waals surface area contributed by atoms with Gasteiger partial charge in [-0.05, 0) is 122 Å². The van der Waals surface area contributed by atoms with E-state index in [9.17, 15) is 10.5 Å². The second-order valence-corrected chi connectivity index (χ2v) is 21.7. The Kier molecular flexibility index (Phi) is 13.8. The molecule has 382 valence electrons. The lowest BCUT2D eigenvalue weighted by atomic mass is 9.93. The van der Waals surface area contributed by atoms with Crippen molar-refractivity contribution in [1.29, 1.82) is 10.5 Å². The van der Waals surface area contributed by atoms with Crippen LogP contribution in [0.25, 0.3) is 21.8 Å². The van der Waals surface area contributed by atoms with E-state index in [1.807, 2.05) is 24.4 Å². The second kappa shape index (κ2) is 21.0. The largest absolute Gasteiger partial charge is 0.370 e. The SMILES string of the molecule is C[C@@H]1Cc2cnc(N3CCN(C[C@H]4CN(c5ccc(C#N)c6ncc(C[C@H]7Cc8cnc(N9CCN(C[C@H]%10CN(c%11ccc(C#N)c%12ncccc%11%12)C[C@@H](C)O%10)CC9)cc8CN7)cc56)C[C@@H](C)O4)CC3)cc2CN1. The van der Waals surface area contributed by atoms with Crippen molar-refractivity contribution in [3.05, 3.63) is 118 Å². The fourth-order valence-electron chi connectivity index (χ4n) is 12.6. The number of nitrogens with one attached hydrogen (secondary N) is 2. The second-order valence-electron chi connectivity index (χ2n) is 21.7. The maximum Gasteiger partial charge on any atom is 0.128 e. The molecule has 16 heteroatoms. The van der Waals surface area contributed by atoms with Gasteiger partial charge < -0.3 is 39.7 Å². The summed E-state index contributed by atoms with van der Waals surface area (Å²) >= 11 is 0. The van der Waals surface area contributed by atoms with Gasteiger partial charge in [0.2, 0.25) is 0 Å². The zero-order valence-corrected chi connectivity index (χ0v) is 43.1. The van der Waals surface area contributed by atoms with Gasteiger partial charge in [0.05, 0.1) is 46.6 Å². The maximum atomic E-state index is 10.2. The molecule has 6 aliphatic heterocycles. The summed E-state index contributed by atoms with van der Waals surface area (Å²) in [5, 5.41) is 29.4. The molecule has 4 saturated heterocycles. The van der Waals surface area contributed by atoms with Crippen molar-refractivity contribution >= 4 is 44.8 Å². The van der Waals surface area contributed by atoms with Gasteiger partial charge in [-0.2, -0.15) is 10.5 Å². The lowest BCUT2D eigenvalue weighted by Crippen LogP contribution is -2.54. The molecule has 0 spiro atoms. The summed E-state index contributed by atoms with van der Waals surface area (Å²) in [4.78, 5) is 34.3. The first-order chi connectivity index (χ1) is 36.2. The molecule has 12 rings (SSSR count). The van der Waals surface area contributed by atoms with Crippen LogP contribution in [-0.4, -0.2) is 158 Å². The average Bonchev–Trinajstić information content (AvgIpc) is 3.42. The number of pyridine rings is 4. The Morgan fingerprint density at radius 1 is 0.568 bits per heavy atom.